The fourth-order valence-electron chi connectivity index (χ4n) is 1.86. The van der Waals surface area contributed by atoms with E-state index < -0.39 is 5.82 Å². The summed E-state index contributed by atoms with van der Waals surface area (Å²) in [6, 6.07) is 3.25. The number of hydrogen-bond donors (Lipinski definition) is 1. The fraction of sp³-hybridized carbons (Fsp3) is 0.400. The topological polar surface area (TPSA) is 20.2 Å². The van der Waals surface area contributed by atoms with Gasteiger partial charge in [-0.3, -0.25) is 0 Å². The Morgan fingerprint density at radius 3 is 2.92 bits per heavy atom. The maximum absolute atomic E-state index is 13.2. The minimum absolute atomic E-state index is 0.220. The third-order valence-corrected chi connectivity index (χ3v) is 2.44. The van der Waals surface area contributed by atoms with Crippen LogP contribution in [0.3, 0.4) is 0 Å². The molecule has 1 unspecified atom stereocenters. The van der Waals surface area contributed by atoms with Gasteiger partial charge in [0, 0.05) is 0 Å². The molecule has 1 aliphatic carbocycles. The van der Waals surface area contributed by atoms with Crippen molar-refractivity contribution in [1.82, 2.24) is 0 Å². The summed E-state index contributed by atoms with van der Waals surface area (Å²) in [6.45, 7) is 2.09. The molecule has 1 aromatic carbocycles. The van der Waals surface area contributed by atoms with E-state index in [0.29, 0.717) is 11.5 Å². The predicted octanol–water partition coefficient (Wildman–Crippen LogP) is 2.27. The molecule has 1 N–H and O–H groups in total. The number of halogens is 1. The van der Waals surface area contributed by atoms with Gasteiger partial charge in [0.25, 0.3) is 0 Å². The zero-order chi connectivity index (χ0) is 8.72. The van der Waals surface area contributed by atoms with Gasteiger partial charge in [-0.25, -0.2) is 4.39 Å². The first kappa shape index (κ1) is 7.59. The van der Waals surface area contributed by atoms with Crippen molar-refractivity contribution in [2.75, 3.05) is 0 Å². The van der Waals surface area contributed by atoms with Crippen LogP contribution in [0.1, 0.15) is 18.1 Å². The van der Waals surface area contributed by atoms with E-state index in [2.05, 4.69) is 6.92 Å². The molecule has 0 fully saturated rings. The quantitative estimate of drug-likeness (QED) is 0.626. The van der Waals surface area contributed by atoms with Crippen molar-refractivity contribution in [3.63, 3.8) is 0 Å². The van der Waals surface area contributed by atoms with E-state index in [0.717, 1.165) is 18.4 Å². The van der Waals surface area contributed by atoms with E-state index >= 15 is 0 Å². The highest BCUT2D eigenvalue weighted by Crippen LogP contribution is 2.32. The van der Waals surface area contributed by atoms with E-state index in [1.54, 1.807) is 0 Å². The van der Waals surface area contributed by atoms with Crippen LogP contribution in [0.4, 0.5) is 4.39 Å². The van der Waals surface area contributed by atoms with Crippen LogP contribution >= 0.6 is 0 Å². The standard InChI is InChI=1S/C10H11FO/c1-6-4-7-2-3-9(12)10(11)8(7)5-6/h2-3,6,12H,4-5H2,1H3. The van der Waals surface area contributed by atoms with E-state index in [4.69, 9.17) is 5.11 Å². The van der Waals surface area contributed by atoms with Crippen molar-refractivity contribution >= 4 is 0 Å². The second-order valence-corrected chi connectivity index (χ2v) is 3.55. The number of phenolic OH excluding ortho intramolecular Hbond substituents is 1. The third-order valence-electron chi connectivity index (χ3n) is 2.44. The van der Waals surface area contributed by atoms with Gasteiger partial charge in [-0.15, -0.1) is 0 Å². The van der Waals surface area contributed by atoms with E-state index in [9.17, 15) is 4.39 Å². The monoisotopic (exact) mass is 166 g/mol. The summed E-state index contributed by atoms with van der Waals surface area (Å²) in [5, 5.41) is 9.09. The van der Waals surface area contributed by atoms with Crippen molar-refractivity contribution in [2.24, 2.45) is 5.92 Å². The van der Waals surface area contributed by atoms with Gasteiger partial charge in [0.1, 0.15) is 0 Å². The highest BCUT2D eigenvalue weighted by atomic mass is 19.1. The van der Waals surface area contributed by atoms with Gasteiger partial charge < -0.3 is 5.11 Å². The Labute approximate surface area is 70.8 Å². The molecule has 64 valence electrons. The molecule has 0 bridgehead atoms. The summed E-state index contributed by atoms with van der Waals surface area (Å²) in [5.41, 5.74) is 1.76. The zero-order valence-corrected chi connectivity index (χ0v) is 6.97. The van der Waals surface area contributed by atoms with E-state index in [1.165, 1.54) is 6.07 Å². The third kappa shape index (κ3) is 0.986. The Morgan fingerprint density at radius 1 is 1.42 bits per heavy atom. The maximum Gasteiger partial charge on any atom is 0.168 e. The minimum Gasteiger partial charge on any atom is -0.505 e. The molecule has 2 heteroatoms. The van der Waals surface area contributed by atoms with E-state index in [1.807, 2.05) is 6.07 Å². The van der Waals surface area contributed by atoms with Crippen LogP contribution in [-0.2, 0) is 12.8 Å². The average Bonchev–Trinajstić information content (AvgIpc) is 2.39. The van der Waals surface area contributed by atoms with Crippen molar-refractivity contribution in [2.45, 2.75) is 19.8 Å². The molecule has 2 rings (SSSR count). The molecular weight excluding hydrogens is 155 g/mol. The van der Waals surface area contributed by atoms with Gasteiger partial charge >= 0.3 is 0 Å². The summed E-state index contributed by atoms with van der Waals surface area (Å²) in [7, 11) is 0. The van der Waals surface area contributed by atoms with Crippen LogP contribution in [0.25, 0.3) is 0 Å². The van der Waals surface area contributed by atoms with Crippen LogP contribution in [0.2, 0.25) is 0 Å². The molecule has 0 amide bonds. The van der Waals surface area contributed by atoms with Gasteiger partial charge in [0.15, 0.2) is 11.6 Å². The Morgan fingerprint density at radius 2 is 2.17 bits per heavy atom. The molecule has 1 atom stereocenters. The predicted molar refractivity (Wildman–Crippen MR) is 44.6 cm³/mol. The zero-order valence-electron chi connectivity index (χ0n) is 6.97. The Balaban J connectivity index is 2.54. The molecule has 1 nitrogen and oxygen atoms in total. The van der Waals surface area contributed by atoms with Crippen LogP contribution in [-0.4, -0.2) is 5.11 Å². The lowest BCUT2D eigenvalue weighted by Gasteiger charge is -2.01. The molecular formula is C10H11FO. The van der Waals surface area contributed by atoms with Gasteiger partial charge in [0.05, 0.1) is 0 Å². The highest BCUT2D eigenvalue weighted by molar-refractivity contribution is 5.40. The van der Waals surface area contributed by atoms with Gasteiger partial charge in [-0.2, -0.15) is 0 Å². The number of phenols is 1. The van der Waals surface area contributed by atoms with Crippen LogP contribution in [0.15, 0.2) is 12.1 Å². The molecule has 0 spiro atoms. The van der Waals surface area contributed by atoms with Gasteiger partial charge in [0.2, 0.25) is 0 Å². The molecule has 1 aromatic rings. The number of rotatable bonds is 0. The second kappa shape index (κ2) is 2.47. The molecule has 0 heterocycles. The van der Waals surface area contributed by atoms with Crippen LogP contribution < -0.4 is 0 Å². The Hall–Kier alpha value is -1.05. The summed E-state index contributed by atoms with van der Waals surface area (Å²) in [6.07, 6.45) is 1.70. The minimum atomic E-state index is -0.420. The molecule has 0 aliphatic heterocycles. The Bertz CT molecular complexity index is 320. The summed E-state index contributed by atoms with van der Waals surface area (Å²) in [4.78, 5) is 0. The molecule has 0 saturated carbocycles. The number of aromatic hydroxyl groups is 1. The van der Waals surface area contributed by atoms with Gasteiger partial charge in [-0.1, -0.05) is 13.0 Å². The summed E-state index contributed by atoms with van der Waals surface area (Å²) >= 11 is 0. The SMILES string of the molecule is CC1Cc2ccc(O)c(F)c2C1. The second-order valence-electron chi connectivity index (χ2n) is 3.55. The first-order valence-corrected chi connectivity index (χ1v) is 4.17. The lowest BCUT2D eigenvalue weighted by Crippen LogP contribution is -1.91. The summed E-state index contributed by atoms with van der Waals surface area (Å²) < 4.78 is 13.2. The number of benzene rings is 1. The van der Waals surface area contributed by atoms with Crippen molar-refractivity contribution in [3.8, 4) is 5.75 Å². The maximum atomic E-state index is 13.2. The van der Waals surface area contributed by atoms with Crippen LogP contribution in [0.5, 0.6) is 5.75 Å². The van der Waals surface area contributed by atoms with Crippen molar-refractivity contribution < 1.29 is 9.50 Å². The number of hydrogen-bond acceptors (Lipinski definition) is 1. The van der Waals surface area contributed by atoms with Crippen molar-refractivity contribution in [3.05, 3.63) is 29.1 Å². The van der Waals surface area contributed by atoms with Gasteiger partial charge in [-0.05, 0) is 36.0 Å². The molecule has 0 aromatic heterocycles. The molecule has 1 aliphatic rings. The Kier molecular flexibility index (Phi) is 1.56. The number of fused-ring (bicyclic) bond motifs is 1. The summed E-state index contributed by atoms with van der Waals surface area (Å²) in [5.74, 6) is -0.129. The first-order chi connectivity index (χ1) is 5.68. The highest BCUT2D eigenvalue weighted by Gasteiger charge is 2.22. The fourth-order valence-corrected chi connectivity index (χ4v) is 1.86. The lowest BCUT2D eigenvalue weighted by atomic mass is 10.1. The normalized spacial score (nSPS) is 21.0. The molecule has 0 radical (unpaired) electrons. The average molecular weight is 166 g/mol. The molecule has 0 saturated heterocycles. The van der Waals surface area contributed by atoms with Crippen molar-refractivity contribution in [1.29, 1.82) is 0 Å². The lowest BCUT2D eigenvalue weighted by molar-refractivity contribution is 0.428. The van der Waals surface area contributed by atoms with Crippen LogP contribution in [0, 0.1) is 11.7 Å². The van der Waals surface area contributed by atoms with E-state index in [-0.39, 0.29) is 5.75 Å². The largest absolute Gasteiger partial charge is 0.505 e. The first-order valence-electron chi connectivity index (χ1n) is 4.17. The molecule has 12 heavy (non-hydrogen) atoms. The smallest absolute Gasteiger partial charge is 0.168 e.